The number of piperidine rings is 1. The van der Waals surface area contributed by atoms with Gasteiger partial charge in [-0.1, -0.05) is 0 Å². The Hall–Kier alpha value is -1.25. The molecule has 0 aliphatic carbocycles. The Labute approximate surface area is 134 Å². The van der Waals surface area contributed by atoms with Crippen molar-refractivity contribution in [1.29, 1.82) is 0 Å². The first-order chi connectivity index (χ1) is 10.4. The fourth-order valence-electron chi connectivity index (χ4n) is 2.91. The van der Waals surface area contributed by atoms with Gasteiger partial charge in [0.2, 0.25) is 10.0 Å². The lowest BCUT2D eigenvalue weighted by Crippen LogP contribution is -2.46. The van der Waals surface area contributed by atoms with E-state index in [1.165, 1.54) is 4.31 Å². The van der Waals surface area contributed by atoms with Crippen molar-refractivity contribution in [2.24, 2.45) is 0 Å². The SMILES string of the molecule is Cc1csc2ncnc(N3CCCC(S(=O)(=O)N(C)C)C3)c12. The highest BCUT2D eigenvalue weighted by molar-refractivity contribution is 7.89. The van der Waals surface area contributed by atoms with E-state index in [-0.39, 0.29) is 5.25 Å². The molecule has 1 unspecified atom stereocenters. The number of hydrogen-bond donors (Lipinski definition) is 0. The van der Waals surface area contributed by atoms with Crippen molar-refractivity contribution in [3.05, 3.63) is 17.3 Å². The number of fused-ring (bicyclic) bond motifs is 1. The molecular weight excluding hydrogens is 320 g/mol. The maximum Gasteiger partial charge on any atom is 0.218 e. The van der Waals surface area contributed by atoms with Gasteiger partial charge in [0, 0.05) is 27.2 Å². The Balaban J connectivity index is 1.96. The van der Waals surface area contributed by atoms with E-state index in [9.17, 15) is 8.42 Å². The highest BCUT2D eigenvalue weighted by Crippen LogP contribution is 2.32. The maximum atomic E-state index is 12.4. The van der Waals surface area contributed by atoms with E-state index in [1.807, 2.05) is 6.92 Å². The number of nitrogens with zero attached hydrogens (tertiary/aromatic N) is 4. The number of sulfonamides is 1. The number of anilines is 1. The summed E-state index contributed by atoms with van der Waals surface area (Å²) < 4.78 is 26.1. The van der Waals surface area contributed by atoms with Crippen molar-refractivity contribution in [2.45, 2.75) is 25.0 Å². The molecule has 2 aromatic rings. The van der Waals surface area contributed by atoms with Crippen molar-refractivity contribution in [3.8, 4) is 0 Å². The molecule has 22 heavy (non-hydrogen) atoms. The molecule has 120 valence electrons. The van der Waals surface area contributed by atoms with Crippen LogP contribution in [-0.4, -0.2) is 55.1 Å². The molecule has 0 aromatic carbocycles. The van der Waals surface area contributed by atoms with Gasteiger partial charge in [0.1, 0.15) is 17.0 Å². The van der Waals surface area contributed by atoms with E-state index in [2.05, 4.69) is 20.2 Å². The molecule has 0 spiro atoms. The summed E-state index contributed by atoms with van der Waals surface area (Å²) in [7, 11) is -0.0452. The second-order valence-corrected chi connectivity index (χ2v) is 9.12. The molecular formula is C14H20N4O2S2. The first-order valence-corrected chi connectivity index (χ1v) is 9.64. The van der Waals surface area contributed by atoms with Gasteiger partial charge in [-0.05, 0) is 30.7 Å². The second-order valence-electron chi connectivity index (χ2n) is 5.83. The Morgan fingerprint density at radius 2 is 2.14 bits per heavy atom. The quantitative estimate of drug-likeness (QED) is 0.853. The van der Waals surface area contributed by atoms with Gasteiger partial charge < -0.3 is 4.90 Å². The predicted molar refractivity (Wildman–Crippen MR) is 90.0 cm³/mol. The molecule has 1 fully saturated rings. The van der Waals surface area contributed by atoms with Crippen molar-refractivity contribution in [2.75, 3.05) is 32.1 Å². The standard InChI is InChI=1S/C14H20N4O2S2/c1-10-8-21-14-12(10)13(15-9-16-14)18-6-4-5-11(7-18)22(19,20)17(2)3/h8-9,11H,4-7H2,1-3H3. The smallest absolute Gasteiger partial charge is 0.218 e. The Bertz CT molecular complexity index is 785. The summed E-state index contributed by atoms with van der Waals surface area (Å²) in [6.07, 6.45) is 3.12. The van der Waals surface area contributed by atoms with Crippen LogP contribution in [0.2, 0.25) is 0 Å². The second kappa shape index (κ2) is 5.75. The zero-order valence-corrected chi connectivity index (χ0v) is 14.6. The zero-order chi connectivity index (χ0) is 15.9. The monoisotopic (exact) mass is 340 g/mol. The highest BCUT2D eigenvalue weighted by Gasteiger charge is 2.33. The van der Waals surface area contributed by atoms with Crippen LogP contribution >= 0.6 is 11.3 Å². The average molecular weight is 340 g/mol. The first kappa shape index (κ1) is 15.6. The van der Waals surface area contributed by atoms with Crippen LogP contribution < -0.4 is 4.90 Å². The lowest BCUT2D eigenvalue weighted by atomic mass is 10.1. The summed E-state index contributed by atoms with van der Waals surface area (Å²) >= 11 is 1.60. The third-order valence-electron chi connectivity index (χ3n) is 4.14. The number of aromatic nitrogens is 2. The van der Waals surface area contributed by atoms with Crippen LogP contribution in [-0.2, 0) is 10.0 Å². The van der Waals surface area contributed by atoms with E-state index in [4.69, 9.17) is 0 Å². The minimum Gasteiger partial charge on any atom is -0.355 e. The summed E-state index contributed by atoms with van der Waals surface area (Å²) in [5.74, 6) is 0.863. The minimum absolute atomic E-state index is 0.375. The molecule has 3 heterocycles. The van der Waals surface area contributed by atoms with E-state index >= 15 is 0 Å². The number of thiophene rings is 1. The van der Waals surface area contributed by atoms with Crippen LogP contribution in [0.1, 0.15) is 18.4 Å². The minimum atomic E-state index is -3.24. The molecule has 2 aromatic heterocycles. The third-order valence-corrected chi connectivity index (χ3v) is 7.39. The van der Waals surface area contributed by atoms with E-state index in [0.29, 0.717) is 13.0 Å². The largest absolute Gasteiger partial charge is 0.355 e. The molecule has 1 saturated heterocycles. The van der Waals surface area contributed by atoms with E-state index < -0.39 is 10.0 Å². The summed E-state index contributed by atoms with van der Waals surface area (Å²) in [6, 6.07) is 0. The van der Waals surface area contributed by atoms with Crippen LogP contribution in [0, 0.1) is 6.92 Å². The van der Waals surface area contributed by atoms with Gasteiger partial charge in [0.15, 0.2) is 0 Å². The van der Waals surface area contributed by atoms with Gasteiger partial charge in [-0.2, -0.15) is 0 Å². The number of aryl methyl sites for hydroxylation is 1. The highest BCUT2D eigenvalue weighted by atomic mass is 32.2. The van der Waals surface area contributed by atoms with Gasteiger partial charge in [-0.15, -0.1) is 11.3 Å². The molecule has 0 N–H and O–H groups in total. The molecule has 1 aliphatic rings. The fourth-order valence-corrected chi connectivity index (χ4v) is 5.22. The van der Waals surface area contributed by atoms with Gasteiger partial charge in [0.05, 0.1) is 10.6 Å². The molecule has 0 saturated carbocycles. The fraction of sp³-hybridized carbons (Fsp3) is 0.571. The van der Waals surface area contributed by atoms with Crippen molar-refractivity contribution >= 4 is 37.4 Å². The maximum absolute atomic E-state index is 12.4. The molecule has 6 nitrogen and oxygen atoms in total. The van der Waals surface area contributed by atoms with Crippen LogP contribution in [0.4, 0.5) is 5.82 Å². The molecule has 3 rings (SSSR count). The van der Waals surface area contributed by atoms with Crippen molar-refractivity contribution in [3.63, 3.8) is 0 Å². The summed E-state index contributed by atoms with van der Waals surface area (Å²) in [4.78, 5) is 11.8. The predicted octanol–water partition coefficient (Wildman–Crippen LogP) is 1.86. The Kier molecular flexibility index (Phi) is 4.09. The van der Waals surface area contributed by atoms with Crippen LogP contribution in [0.15, 0.2) is 11.7 Å². The van der Waals surface area contributed by atoms with Crippen LogP contribution in [0.5, 0.6) is 0 Å². The van der Waals surface area contributed by atoms with E-state index in [1.54, 1.807) is 31.8 Å². The Morgan fingerprint density at radius 1 is 1.36 bits per heavy atom. The molecule has 1 aliphatic heterocycles. The van der Waals surface area contributed by atoms with E-state index in [0.717, 1.165) is 34.6 Å². The normalized spacial score (nSPS) is 20.0. The molecule has 8 heteroatoms. The number of rotatable bonds is 3. The molecule has 0 bridgehead atoms. The zero-order valence-electron chi connectivity index (χ0n) is 13.0. The number of hydrogen-bond acceptors (Lipinski definition) is 6. The van der Waals surface area contributed by atoms with Gasteiger partial charge in [0.25, 0.3) is 0 Å². The first-order valence-electron chi connectivity index (χ1n) is 7.26. The van der Waals surface area contributed by atoms with Gasteiger partial charge in [-0.25, -0.2) is 22.7 Å². The Morgan fingerprint density at radius 3 is 2.86 bits per heavy atom. The van der Waals surface area contributed by atoms with Crippen LogP contribution in [0.25, 0.3) is 10.2 Å². The molecule has 0 radical (unpaired) electrons. The lowest BCUT2D eigenvalue weighted by molar-refractivity contribution is 0.478. The van der Waals surface area contributed by atoms with Gasteiger partial charge in [-0.3, -0.25) is 0 Å². The lowest BCUT2D eigenvalue weighted by Gasteiger charge is -2.34. The third kappa shape index (κ3) is 2.59. The summed E-state index contributed by atoms with van der Waals surface area (Å²) in [5.41, 5.74) is 1.15. The summed E-state index contributed by atoms with van der Waals surface area (Å²) in [5, 5.41) is 2.75. The van der Waals surface area contributed by atoms with Crippen LogP contribution in [0.3, 0.4) is 0 Å². The molecule has 0 amide bonds. The van der Waals surface area contributed by atoms with Gasteiger partial charge >= 0.3 is 0 Å². The average Bonchev–Trinajstić information content (AvgIpc) is 2.89. The van der Waals surface area contributed by atoms with Crippen molar-refractivity contribution in [1.82, 2.24) is 14.3 Å². The van der Waals surface area contributed by atoms with Crippen molar-refractivity contribution < 1.29 is 8.42 Å². The summed E-state index contributed by atoms with van der Waals surface area (Å²) in [6.45, 7) is 3.37. The molecule has 1 atom stereocenters. The topological polar surface area (TPSA) is 66.4 Å².